The van der Waals surface area contributed by atoms with E-state index in [-0.39, 0.29) is 11.8 Å². The number of rotatable bonds is 5. The molecule has 1 aromatic rings. The van der Waals surface area contributed by atoms with Gasteiger partial charge >= 0.3 is 0 Å². The maximum atomic E-state index is 12.0. The van der Waals surface area contributed by atoms with Crippen LogP contribution in [0.25, 0.3) is 0 Å². The van der Waals surface area contributed by atoms with E-state index in [0.29, 0.717) is 31.6 Å². The second-order valence-corrected chi connectivity index (χ2v) is 5.12. The molecule has 1 aromatic carbocycles. The van der Waals surface area contributed by atoms with Crippen molar-refractivity contribution in [2.45, 2.75) is 6.42 Å². The van der Waals surface area contributed by atoms with Gasteiger partial charge in [0.15, 0.2) is 0 Å². The zero-order valence-corrected chi connectivity index (χ0v) is 11.6. The number of hydrogen-bond donors (Lipinski definition) is 3. The van der Waals surface area contributed by atoms with Gasteiger partial charge in [-0.2, -0.15) is 5.26 Å². The highest BCUT2D eigenvalue weighted by molar-refractivity contribution is 5.87. The second kappa shape index (κ2) is 6.86. The summed E-state index contributed by atoms with van der Waals surface area (Å²) in [5.74, 6) is -1.40. The van der Waals surface area contributed by atoms with Crippen molar-refractivity contribution >= 4 is 11.8 Å². The molecule has 2 rings (SSSR count). The van der Waals surface area contributed by atoms with Crippen LogP contribution < -0.4 is 16.4 Å². The third kappa shape index (κ3) is 3.80. The van der Waals surface area contributed by atoms with Gasteiger partial charge in [0.05, 0.1) is 23.5 Å². The van der Waals surface area contributed by atoms with Gasteiger partial charge in [0, 0.05) is 19.6 Å². The van der Waals surface area contributed by atoms with Crippen LogP contribution in [0.2, 0.25) is 0 Å². The lowest BCUT2D eigenvalue weighted by Crippen LogP contribution is -2.40. The Morgan fingerprint density at radius 1 is 1.29 bits per heavy atom. The van der Waals surface area contributed by atoms with Gasteiger partial charge in [0.25, 0.3) is 0 Å². The molecule has 2 unspecified atom stereocenters. The van der Waals surface area contributed by atoms with E-state index in [9.17, 15) is 9.59 Å². The molecule has 1 aliphatic rings. The average molecular weight is 286 g/mol. The predicted octanol–water partition coefficient (Wildman–Crippen LogP) is -0.462. The summed E-state index contributed by atoms with van der Waals surface area (Å²) in [7, 11) is 0. The van der Waals surface area contributed by atoms with Gasteiger partial charge in [0.2, 0.25) is 11.8 Å². The number of primary amides is 1. The highest BCUT2D eigenvalue weighted by Gasteiger charge is 2.36. The molecule has 1 aliphatic heterocycles. The van der Waals surface area contributed by atoms with Crippen LogP contribution in [0.5, 0.6) is 0 Å². The molecule has 2 amide bonds. The van der Waals surface area contributed by atoms with Gasteiger partial charge in [-0.3, -0.25) is 9.59 Å². The first-order valence-electron chi connectivity index (χ1n) is 6.88. The van der Waals surface area contributed by atoms with Gasteiger partial charge in [0.1, 0.15) is 0 Å². The van der Waals surface area contributed by atoms with Crippen molar-refractivity contribution < 1.29 is 9.59 Å². The van der Waals surface area contributed by atoms with Crippen LogP contribution in [-0.2, 0) is 16.0 Å². The number of nitrogens with zero attached hydrogens (tertiary/aromatic N) is 1. The first-order valence-corrected chi connectivity index (χ1v) is 6.88. The monoisotopic (exact) mass is 286 g/mol. The third-order valence-corrected chi connectivity index (χ3v) is 3.71. The SMILES string of the molecule is N#Cc1ccc(CCNC(=O)C2CNCC2C(N)=O)cc1. The number of carbonyl (C=O) groups excluding carboxylic acids is 2. The summed E-state index contributed by atoms with van der Waals surface area (Å²) >= 11 is 0. The van der Waals surface area contributed by atoms with Crippen molar-refractivity contribution in [3.8, 4) is 6.07 Å². The maximum absolute atomic E-state index is 12.0. The molecule has 0 spiro atoms. The largest absolute Gasteiger partial charge is 0.369 e. The Kier molecular flexibility index (Phi) is 4.90. The average Bonchev–Trinajstić information content (AvgIpc) is 2.97. The van der Waals surface area contributed by atoms with Crippen LogP contribution in [-0.4, -0.2) is 31.4 Å². The standard InChI is InChI=1S/C15H18N4O2/c16-7-11-3-1-10(2-4-11)5-6-19-15(21)13-9-18-8-12(13)14(17)20/h1-4,12-13,18H,5-6,8-9H2,(H2,17,20)(H,19,21). The summed E-state index contributed by atoms with van der Waals surface area (Å²) in [6, 6.07) is 9.30. The molecule has 6 nitrogen and oxygen atoms in total. The molecule has 0 radical (unpaired) electrons. The molecule has 0 bridgehead atoms. The summed E-state index contributed by atoms with van der Waals surface area (Å²) in [6.45, 7) is 1.44. The minimum Gasteiger partial charge on any atom is -0.369 e. The molecule has 1 heterocycles. The third-order valence-electron chi connectivity index (χ3n) is 3.71. The molecule has 2 atom stereocenters. The Bertz CT molecular complexity index is 562. The van der Waals surface area contributed by atoms with E-state index >= 15 is 0 Å². The van der Waals surface area contributed by atoms with E-state index in [1.165, 1.54) is 0 Å². The number of nitriles is 1. The van der Waals surface area contributed by atoms with Crippen LogP contribution in [0, 0.1) is 23.2 Å². The van der Waals surface area contributed by atoms with Gasteiger partial charge in [-0.25, -0.2) is 0 Å². The summed E-state index contributed by atoms with van der Waals surface area (Å²) in [5, 5.41) is 14.6. The molecule has 110 valence electrons. The molecule has 0 saturated carbocycles. The highest BCUT2D eigenvalue weighted by Crippen LogP contribution is 2.16. The van der Waals surface area contributed by atoms with E-state index in [2.05, 4.69) is 16.7 Å². The van der Waals surface area contributed by atoms with E-state index in [0.717, 1.165) is 5.56 Å². The van der Waals surface area contributed by atoms with E-state index < -0.39 is 11.8 Å². The zero-order valence-electron chi connectivity index (χ0n) is 11.6. The molecule has 1 fully saturated rings. The zero-order chi connectivity index (χ0) is 15.2. The topological polar surface area (TPSA) is 108 Å². The molecule has 0 aromatic heterocycles. The number of carbonyl (C=O) groups is 2. The Hall–Kier alpha value is -2.39. The Labute approximate surface area is 123 Å². The summed E-state index contributed by atoms with van der Waals surface area (Å²) in [6.07, 6.45) is 0.679. The predicted molar refractivity (Wildman–Crippen MR) is 76.9 cm³/mol. The summed E-state index contributed by atoms with van der Waals surface area (Å²) in [4.78, 5) is 23.3. The van der Waals surface area contributed by atoms with Crippen LogP contribution in [0.4, 0.5) is 0 Å². The van der Waals surface area contributed by atoms with Crippen molar-refractivity contribution in [3.63, 3.8) is 0 Å². The minimum atomic E-state index is -0.438. The Balaban J connectivity index is 1.81. The van der Waals surface area contributed by atoms with Crippen molar-refractivity contribution in [1.29, 1.82) is 5.26 Å². The van der Waals surface area contributed by atoms with Crippen LogP contribution >= 0.6 is 0 Å². The number of benzene rings is 1. The van der Waals surface area contributed by atoms with Crippen LogP contribution in [0.3, 0.4) is 0 Å². The lowest BCUT2D eigenvalue weighted by molar-refractivity contribution is -0.131. The molecule has 1 saturated heterocycles. The van der Waals surface area contributed by atoms with Crippen molar-refractivity contribution in [2.24, 2.45) is 17.6 Å². The second-order valence-electron chi connectivity index (χ2n) is 5.12. The van der Waals surface area contributed by atoms with Crippen LogP contribution in [0.1, 0.15) is 11.1 Å². The van der Waals surface area contributed by atoms with Gasteiger partial charge in [-0.05, 0) is 24.1 Å². The number of amides is 2. The van der Waals surface area contributed by atoms with Gasteiger partial charge in [-0.15, -0.1) is 0 Å². The van der Waals surface area contributed by atoms with E-state index in [1.807, 2.05) is 12.1 Å². The molecule has 4 N–H and O–H groups in total. The maximum Gasteiger partial charge on any atom is 0.225 e. The van der Waals surface area contributed by atoms with Gasteiger partial charge < -0.3 is 16.4 Å². The lowest BCUT2D eigenvalue weighted by atomic mass is 9.94. The fraction of sp³-hybridized carbons (Fsp3) is 0.400. The van der Waals surface area contributed by atoms with Crippen molar-refractivity contribution in [2.75, 3.05) is 19.6 Å². The number of hydrogen-bond acceptors (Lipinski definition) is 4. The fourth-order valence-electron chi connectivity index (χ4n) is 2.46. The quantitative estimate of drug-likeness (QED) is 0.680. The molecular weight excluding hydrogens is 268 g/mol. The number of nitrogens with one attached hydrogen (secondary N) is 2. The lowest BCUT2D eigenvalue weighted by Gasteiger charge is -2.15. The summed E-state index contributed by atoms with van der Waals surface area (Å²) in [5.41, 5.74) is 6.95. The Morgan fingerprint density at radius 2 is 1.95 bits per heavy atom. The fourth-order valence-corrected chi connectivity index (χ4v) is 2.46. The molecular formula is C15H18N4O2. The summed E-state index contributed by atoms with van der Waals surface area (Å²) < 4.78 is 0. The Morgan fingerprint density at radius 3 is 2.57 bits per heavy atom. The van der Waals surface area contributed by atoms with Crippen molar-refractivity contribution in [3.05, 3.63) is 35.4 Å². The molecule has 6 heteroatoms. The molecule has 21 heavy (non-hydrogen) atoms. The van der Waals surface area contributed by atoms with Crippen molar-refractivity contribution in [1.82, 2.24) is 10.6 Å². The van der Waals surface area contributed by atoms with E-state index in [1.54, 1.807) is 12.1 Å². The van der Waals surface area contributed by atoms with Crippen LogP contribution in [0.15, 0.2) is 24.3 Å². The normalized spacial score (nSPS) is 20.7. The first kappa shape index (κ1) is 15.0. The van der Waals surface area contributed by atoms with Gasteiger partial charge in [-0.1, -0.05) is 12.1 Å². The first-order chi connectivity index (χ1) is 10.1. The highest BCUT2D eigenvalue weighted by atomic mass is 16.2. The van der Waals surface area contributed by atoms with E-state index in [4.69, 9.17) is 11.0 Å². The minimum absolute atomic E-state index is 0.141. The smallest absolute Gasteiger partial charge is 0.225 e. The number of nitrogens with two attached hydrogens (primary N) is 1. The molecule has 0 aliphatic carbocycles.